The summed E-state index contributed by atoms with van der Waals surface area (Å²) in [6.45, 7) is 1.74. The summed E-state index contributed by atoms with van der Waals surface area (Å²) >= 11 is 1.35. The summed E-state index contributed by atoms with van der Waals surface area (Å²) in [6, 6.07) is -2.59. The van der Waals surface area contributed by atoms with E-state index in [2.05, 4.69) is 5.32 Å². The molecule has 2 saturated heterocycles. The van der Waals surface area contributed by atoms with Gasteiger partial charge in [0, 0.05) is 11.7 Å². The lowest BCUT2D eigenvalue weighted by atomic mass is 10.0. The number of hydrogen-bond donors (Lipinski definition) is 4. The third-order valence-electron chi connectivity index (χ3n) is 3.98. The molecule has 128 valence electrons. The van der Waals surface area contributed by atoms with Crippen LogP contribution in [0.5, 0.6) is 0 Å². The number of fused-ring (bicyclic) bond motifs is 1. The van der Waals surface area contributed by atoms with Crippen molar-refractivity contribution in [1.82, 2.24) is 10.2 Å². The van der Waals surface area contributed by atoms with Gasteiger partial charge in [-0.3, -0.25) is 14.4 Å². The van der Waals surface area contributed by atoms with Crippen LogP contribution in [0.3, 0.4) is 0 Å². The van der Waals surface area contributed by atoms with Gasteiger partial charge in [0.05, 0.1) is 0 Å². The Morgan fingerprint density at radius 3 is 2.61 bits per heavy atom. The third-order valence-corrected chi connectivity index (χ3v) is 5.45. The molecular weight excluding hydrogens is 326 g/mol. The number of nitrogens with two attached hydrogens (primary N) is 1. The molecule has 2 rings (SSSR count). The molecule has 2 fully saturated rings. The zero-order chi connectivity index (χ0) is 17.3. The monoisotopic (exact) mass is 345 g/mol. The molecule has 2 aliphatic rings. The summed E-state index contributed by atoms with van der Waals surface area (Å²) < 4.78 is 0. The number of carboxylic acids is 2. The van der Waals surface area contributed by atoms with Crippen LogP contribution in [-0.2, 0) is 19.2 Å². The van der Waals surface area contributed by atoms with E-state index < -0.39 is 36.0 Å². The minimum Gasteiger partial charge on any atom is -0.480 e. The van der Waals surface area contributed by atoms with E-state index in [4.69, 9.17) is 15.9 Å². The molecule has 9 nitrogen and oxygen atoms in total. The molecule has 0 saturated carbocycles. The normalized spacial score (nSPS) is 30.3. The highest BCUT2D eigenvalue weighted by Gasteiger charge is 2.60. The number of aliphatic carboxylic acids is 2. The quantitative estimate of drug-likeness (QED) is 0.421. The summed E-state index contributed by atoms with van der Waals surface area (Å²) in [5.74, 6) is -2.93. The molecular formula is C13H19N3O6S. The van der Waals surface area contributed by atoms with Crippen molar-refractivity contribution in [3.8, 4) is 0 Å². The van der Waals surface area contributed by atoms with Crippen molar-refractivity contribution in [2.45, 2.75) is 54.9 Å². The van der Waals surface area contributed by atoms with Crippen molar-refractivity contribution < 1.29 is 29.4 Å². The van der Waals surface area contributed by atoms with E-state index >= 15 is 0 Å². The van der Waals surface area contributed by atoms with Gasteiger partial charge in [0.2, 0.25) is 11.8 Å². The predicted octanol–water partition coefficient (Wildman–Crippen LogP) is -1.19. The maximum absolute atomic E-state index is 12.0. The topological polar surface area (TPSA) is 150 Å². The average Bonchev–Trinajstić information content (AvgIpc) is 2.78. The maximum Gasteiger partial charge on any atom is 0.327 e. The fourth-order valence-corrected chi connectivity index (χ4v) is 4.29. The van der Waals surface area contributed by atoms with E-state index in [1.165, 1.54) is 16.7 Å². The Bertz CT molecular complexity index is 542. The first kappa shape index (κ1) is 17.5. The van der Waals surface area contributed by atoms with Gasteiger partial charge in [0.1, 0.15) is 23.5 Å². The highest BCUT2D eigenvalue weighted by atomic mass is 32.2. The van der Waals surface area contributed by atoms with Crippen molar-refractivity contribution in [2.24, 2.45) is 5.73 Å². The van der Waals surface area contributed by atoms with E-state index in [0.29, 0.717) is 6.42 Å². The molecule has 10 heteroatoms. The first-order valence-corrected chi connectivity index (χ1v) is 8.16. The van der Waals surface area contributed by atoms with Gasteiger partial charge in [-0.05, 0) is 12.8 Å². The molecule has 0 bridgehead atoms. The highest BCUT2D eigenvalue weighted by molar-refractivity contribution is 8.01. The number of hydrogen-bond acceptors (Lipinski definition) is 6. The van der Waals surface area contributed by atoms with E-state index in [1.54, 1.807) is 6.92 Å². The Balaban J connectivity index is 1.81. The number of carboxylic acid groups (broad SMARTS) is 2. The van der Waals surface area contributed by atoms with Gasteiger partial charge in [0.25, 0.3) is 0 Å². The number of carbonyl (C=O) groups is 4. The molecule has 5 atom stereocenters. The van der Waals surface area contributed by atoms with Crippen molar-refractivity contribution in [3.05, 3.63) is 0 Å². The number of amides is 2. The van der Waals surface area contributed by atoms with Gasteiger partial charge >= 0.3 is 11.9 Å². The Labute approximate surface area is 136 Å². The minimum atomic E-state index is -1.12. The SMILES string of the molecule is CC1SC2C(NC(=O)CCCC(N)C(=O)O)C(=O)N2C1C(=O)O. The fraction of sp³-hybridized carbons (Fsp3) is 0.692. The largest absolute Gasteiger partial charge is 0.480 e. The fourth-order valence-electron chi connectivity index (χ4n) is 2.75. The van der Waals surface area contributed by atoms with Gasteiger partial charge in [0.15, 0.2) is 0 Å². The zero-order valence-electron chi connectivity index (χ0n) is 12.5. The van der Waals surface area contributed by atoms with Crippen LogP contribution in [0.1, 0.15) is 26.2 Å². The van der Waals surface area contributed by atoms with Crippen LogP contribution < -0.4 is 11.1 Å². The highest BCUT2D eigenvalue weighted by Crippen LogP contribution is 2.44. The van der Waals surface area contributed by atoms with Crippen LogP contribution in [0.15, 0.2) is 0 Å². The summed E-state index contributed by atoms with van der Waals surface area (Å²) in [6.07, 6.45) is 0.541. The van der Waals surface area contributed by atoms with Crippen LogP contribution >= 0.6 is 11.8 Å². The van der Waals surface area contributed by atoms with Gasteiger partial charge in [-0.25, -0.2) is 4.79 Å². The number of carbonyl (C=O) groups excluding carboxylic acids is 2. The van der Waals surface area contributed by atoms with E-state index in [1.807, 2.05) is 0 Å². The summed E-state index contributed by atoms with van der Waals surface area (Å²) in [5.41, 5.74) is 5.34. The third kappa shape index (κ3) is 3.42. The maximum atomic E-state index is 12.0. The molecule has 0 radical (unpaired) electrons. The molecule has 2 aliphatic heterocycles. The molecule has 0 aromatic carbocycles. The van der Waals surface area contributed by atoms with Crippen molar-refractivity contribution in [1.29, 1.82) is 0 Å². The van der Waals surface area contributed by atoms with E-state index in [-0.39, 0.29) is 29.4 Å². The molecule has 23 heavy (non-hydrogen) atoms. The number of nitrogens with zero attached hydrogens (tertiary/aromatic N) is 1. The average molecular weight is 345 g/mol. The van der Waals surface area contributed by atoms with E-state index in [0.717, 1.165) is 0 Å². The summed E-state index contributed by atoms with van der Waals surface area (Å²) in [4.78, 5) is 46.9. The Kier molecular flexibility index (Phi) is 5.15. The molecule has 2 heterocycles. The molecule has 5 N–H and O–H groups in total. The smallest absolute Gasteiger partial charge is 0.327 e. The van der Waals surface area contributed by atoms with Crippen LogP contribution in [0.2, 0.25) is 0 Å². The minimum absolute atomic E-state index is 0.0695. The van der Waals surface area contributed by atoms with Gasteiger partial charge in [-0.1, -0.05) is 6.92 Å². The van der Waals surface area contributed by atoms with Gasteiger partial charge in [-0.2, -0.15) is 0 Å². The van der Waals surface area contributed by atoms with Gasteiger partial charge < -0.3 is 26.2 Å². The van der Waals surface area contributed by atoms with Gasteiger partial charge in [-0.15, -0.1) is 11.8 Å². The molecule has 5 unspecified atom stereocenters. The first-order chi connectivity index (χ1) is 10.7. The summed E-state index contributed by atoms with van der Waals surface area (Å²) in [5, 5.41) is 19.8. The number of β-lactam (4-membered cyclic amide) rings is 1. The first-order valence-electron chi connectivity index (χ1n) is 7.22. The zero-order valence-corrected chi connectivity index (χ0v) is 13.3. The second-order valence-electron chi connectivity index (χ2n) is 5.64. The Hall–Kier alpha value is -1.81. The lowest BCUT2D eigenvalue weighted by Gasteiger charge is -2.43. The second kappa shape index (κ2) is 6.75. The number of nitrogens with one attached hydrogen (secondary N) is 1. The Morgan fingerprint density at radius 2 is 2.04 bits per heavy atom. The number of rotatable bonds is 7. The molecule has 0 aromatic rings. The standard InChI is InChI=1S/C13H19N3O6S/c1-5-9(13(21)22)16-10(18)8(11(16)23-5)15-7(17)4-2-3-6(14)12(19)20/h5-6,8-9,11H,2-4,14H2,1H3,(H,15,17)(H,19,20)(H,21,22). The van der Waals surface area contributed by atoms with Crippen molar-refractivity contribution in [3.63, 3.8) is 0 Å². The molecule has 0 aliphatic carbocycles. The summed E-state index contributed by atoms with van der Waals surface area (Å²) in [7, 11) is 0. The van der Waals surface area contributed by atoms with E-state index in [9.17, 15) is 19.2 Å². The second-order valence-corrected chi connectivity index (χ2v) is 7.14. The molecule has 2 amide bonds. The predicted molar refractivity (Wildman–Crippen MR) is 80.5 cm³/mol. The van der Waals surface area contributed by atoms with Crippen LogP contribution in [0.4, 0.5) is 0 Å². The molecule has 0 spiro atoms. The number of thioether (sulfide) groups is 1. The van der Waals surface area contributed by atoms with Crippen LogP contribution in [0.25, 0.3) is 0 Å². The van der Waals surface area contributed by atoms with Crippen LogP contribution in [-0.4, -0.2) is 67.6 Å². The van der Waals surface area contributed by atoms with Crippen LogP contribution in [0, 0.1) is 0 Å². The lowest BCUT2D eigenvalue weighted by Crippen LogP contribution is -2.70. The lowest BCUT2D eigenvalue weighted by molar-refractivity contribution is -0.160. The van der Waals surface area contributed by atoms with Crippen molar-refractivity contribution in [2.75, 3.05) is 0 Å². The Morgan fingerprint density at radius 1 is 1.39 bits per heavy atom. The van der Waals surface area contributed by atoms with Crippen molar-refractivity contribution >= 4 is 35.5 Å². The molecule has 0 aromatic heterocycles.